The largest absolute Gasteiger partial charge is 0.455 e. The summed E-state index contributed by atoms with van der Waals surface area (Å²) < 4.78 is 6.45. The van der Waals surface area contributed by atoms with Crippen LogP contribution in [0.15, 0.2) is 241 Å². The molecule has 0 radical (unpaired) electrons. The number of fused-ring (bicyclic) bond motifs is 3. The van der Waals surface area contributed by atoms with Gasteiger partial charge in [0.15, 0.2) is 0 Å². The molecule has 0 saturated heterocycles. The highest BCUT2D eigenvalue weighted by molar-refractivity contribution is 6.09. The van der Waals surface area contributed by atoms with Gasteiger partial charge in [-0.1, -0.05) is 176 Å². The van der Waals surface area contributed by atoms with Crippen molar-refractivity contribution in [3.05, 3.63) is 248 Å². The van der Waals surface area contributed by atoms with E-state index >= 15 is 0 Å². The standard InChI is InChI=1S/C62H45NO/c1-42-15-9-10-20-55(42)57-23-13-22-56(43(57)2)47-29-35-53(36-30-47)63(54-37-31-48(32-38-54)58-24-14-25-60-59-21-11-12-26-61(59)64-62(58)60)52-33-27-46(28-34-52)51-40-49(44-16-5-3-6-17-44)39-50(41-51)45-18-7-4-8-19-45/h3-41H,1-2H3. The summed E-state index contributed by atoms with van der Waals surface area (Å²) in [6, 6.07) is 85.1. The van der Waals surface area contributed by atoms with Crippen LogP contribution < -0.4 is 4.90 Å². The van der Waals surface area contributed by atoms with Crippen molar-refractivity contribution in [2.75, 3.05) is 4.90 Å². The van der Waals surface area contributed by atoms with Crippen molar-refractivity contribution in [3.8, 4) is 66.8 Å². The van der Waals surface area contributed by atoms with Crippen LogP contribution in [0.2, 0.25) is 0 Å². The van der Waals surface area contributed by atoms with Gasteiger partial charge in [-0.05, 0) is 147 Å². The van der Waals surface area contributed by atoms with Crippen LogP contribution in [0.1, 0.15) is 11.1 Å². The molecule has 0 fully saturated rings. The minimum absolute atomic E-state index is 0.903. The molecule has 0 bridgehead atoms. The van der Waals surface area contributed by atoms with Gasteiger partial charge in [0.2, 0.25) is 0 Å². The van der Waals surface area contributed by atoms with Crippen molar-refractivity contribution in [2.45, 2.75) is 13.8 Å². The Morgan fingerprint density at radius 1 is 0.297 bits per heavy atom. The molecule has 0 aliphatic carbocycles. The van der Waals surface area contributed by atoms with Crippen LogP contribution in [0.25, 0.3) is 88.7 Å². The third-order valence-electron chi connectivity index (χ3n) is 12.7. The molecular weight excluding hydrogens is 775 g/mol. The molecule has 11 aromatic rings. The fraction of sp³-hybridized carbons (Fsp3) is 0.0323. The van der Waals surface area contributed by atoms with Crippen LogP contribution in [0, 0.1) is 13.8 Å². The highest BCUT2D eigenvalue weighted by atomic mass is 16.3. The first-order chi connectivity index (χ1) is 31.6. The number of hydrogen-bond acceptors (Lipinski definition) is 2. The highest BCUT2D eigenvalue weighted by Crippen LogP contribution is 2.42. The van der Waals surface area contributed by atoms with Crippen LogP contribution >= 0.6 is 0 Å². The fourth-order valence-electron chi connectivity index (χ4n) is 9.31. The molecule has 1 heterocycles. The number of nitrogens with zero attached hydrogens (tertiary/aromatic N) is 1. The van der Waals surface area contributed by atoms with E-state index in [1.165, 1.54) is 61.2 Å². The van der Waals surface area contributed by atoms with Crippen molar-refractivity contribution >= 4 is 39.0 Å². The van der Waals surface area contributed by atoms with E-state index in [0.29, 0.717) is 0 Å². The third kappa shape index (κ3) is 7.25. The van der Waals surface area contributed by atoms with Crippen molar-refractivity contribution < 1.29 is 4.42 Å². The second-order valence-electron chi connectivity index (χ2n) is 16.6. The number of anilines is 3. The lowest BCUT2D eigenvalue weighted by molar-refractivity contribution is 0.670. The number of furan rings is 1. The second-order valence-corrected chi connectivity index (χ2v) is 16.6. The maximum absolute atomic E-state index is 6.45. The predicted molar refractivity (Wildman–Crippen MR) is 270 cm³/mol. The second kappa shape index (κ2) is 16.6. The molecule has 0 aliphatic rings. The maximum atomic E-state index is 6.45. The van der Waals surface area contributed by atoms with Crippen LogP contribution in [-0.4, -0.2) is 0 Å². The number of benzene rings is 10. The Kier molecular flexibility index (Phi) is 10.0. The first kappa shape index (κ1) is 38.7. The summed E-state index contributed by atoms with van der Waals surface area (Å²) in [7, 11) is 0. The Bertz CT molecular complexity index is 3360. The molecule has 0 spiro atoms. The van der Waals surface area contributed by atoms with Gasteiger partial charge >= 0.3 is 0 Å². The van der Waals surface area contributed by atoms with E-state index in [-0.39, 0.29) is 0 Å². The summed E-state index contributed by atoms with van der Waals surface area (Å²) in [5, 5.41) is 2.26. The molecule has 0 atom stereocenters. The van der Waals surface area contributed by atoms with Crippen LogP contribution in [0.4, 0.5) is 17.1 Å². The molecule has 0 N–H and O–H groups in total. The zero-order valence-electron chi connectivity index (χ0n) is 35.9. The number of hydrogen-bond donors (Lipinski definition) is 0. The van der Waals surface area contributed by atoms with Gasteiger partial charge in [0.05, 0.1) is 0 Å². The van der Waals surface area contributed by atoms with Crippen molar-refractivity contribution in [2.24, 2.45) is 0 Å². The molecule has 0 unspecified atom stereocenters. The predicted octanol–water partition coefficient (Wildman–Crippen LogP) is 17.7. The summed E-state index contributed by atoms with van der Waals surface area (Å²) in [6.45, 7) is 4.43. The molecule has 304 valence electrons. The van der Waals surface area contributed by atoms with Crippen molar-refractivity contribution in [1.82, 2.24) is 0 Å². The lowest BCUT2D eigenvalue weighted by Gasteiger charge is -2.26. The zero-order valence-corrected chi connectivity index (χ0v) is 35.9. The quantitative estimate of drug-likeness (QED) is 0.144. The highest BCUT2D eigenvalue weighted by Gasteiger charge is 2.17. The normalized spacial score (nSPS) is 11.3. The number of para-hydroxylation sites is 2. The van der Waals surface area contributed by atoms with E-state index in [0.717, 1.165) is 55.7 Å². The molecule has 0 saturated carbocycles. The van der Waals surface area contributed by atoms with Crippen molar-refractivity contribution in [1.29, 1.82) is 0 Å². The first-order valence-electron chi connectivity index (χ1n) is 22.0. The maximum Gasteiger partial charge on any atom is 0.143 e. The molecular formula is C62H45NO. The topological polar surface area (TPSA) is 16.4 Å². The summed E-state index contributed by atoms with van der Waals surface area (Å²) >= 11 is 0. The summed E-state index contributed by atoms with van der Waals surface area (Å²) in [6.07, 6.45) is 0. The summed E-state index contributed by atoms with van der Waals surface area (Å²) in [5.41, 5.74) is 21.9. The molecule has 2 nitrogen and oxygen atoms in total. The van der Waals surface area contributed by atoms with E-state index in [1.54, 1.807) is 0 Å². The van der Waals surface area contributed by atoms with Gasteiger partial charge in [0, 0.05) is 33.4 Å². The Morgan fingerprint density at radius 3 is 1.31 bits per heavy atom. The van der Waals surface area contributed by atoms with Crippen LogP contribution in [-0.2, 0) is 0 Å². The van der Waals surface area contributed by atoms with Crippen LogP contribution in [0.5, 0.6) is 0 Å². The Morgan fingerprint density at radius 2 is 0.719 bits per heavy atom. The van der Waals surface area contributed by atoms with Gasteiger partial charge in [-0.3, -0.25) is 0 Å². The first-order valence-corrected chi connectivity index (χ1v) is 22.0. The average molecular weight is 820 g/mol. The van der Waals surface area contributed by atoms with Gasteiger partial charge in [0.1, 0.15) is 11.2 Å². The molecule has 0 amide bonds. The molecule has 1 aromatic heterocycles. The van der Waals surface area contributed by atoms with E-state index in [4.69, 9.17) is 4.42 Å². The lowest BCUT2D eigenvalue weighted by Crippen LogP contribution is -2.09. The van der Waals surface area contributed by atoms with Crippen LogP contribution in [0.3, 0.4) is 0 Å². The minimum Gasteiger partial charge on any atom is -0.455 e. The minimum atomic E-state index is 0.903. The molecule has 2 heteroatoms. The van der Waals surface area contributed by atoms with Gasteiger partial charge in [-0.2, -0.15) is 0 Å². The molecule has 64 heavy (non-hydrogen) atoms. The lowest BCUT2D eigenvalue weighted by atomic mass is 9.91. The summed E-state index contributed by atoms with van der Waals surface area (Å²) in [4.78, 5) is 2.35. The molecule has 10 aromatic carbocycles. The van der Waals surface area contributed by atoms with Gasteiger partial charge < -0.3 is 9.32 Å². The van der Waals surface area contributed by atoms with Gasteiger partial charge in [-0.15, -0.1) is 0 Å². The van der Waals surface area contributed by atoms with E-state index in [9.17, 15) is 0 Å². The number of rotatable bonds is 9. The van der Waals surface area contributed by atoms with Gasteiger partial charge in [0.25, 0.3) is 0 Å². The fourth-order valence-corrected chi connectivity index (χ4v) is 9.31. The van der Waals surface area contributed by atoms with Crippen molar-refractivity contribution in [3.63, 3.8) is 0 Å². The van der Waals surface area contributed by atoms with E-state index < -0.39 is 0 Å². The summed E-state index contributed by atoms with van der Waals surface area (Å²) in [5.74, 6) is 0. The smallest absolute Gasteiger partial charge is 0.143 e. The number of aryl methyl sites for hydroxylation is 1. The SMILES string of the molecule is Cc1ccccc1-c1cccc(-c2ccc(N(c3ccc(-c4cc(-c5ccccc5)cc(-c5ccccc5)c4)cc3)c3ccc(-c4cccc5c4oc4ccccc45)cc3)cc2)c1C. The Hall–Kier alpha value is -8.20. The Labute approximate surface area is 375 Å². The van der Waals surface area contributed by atoms with E-state index in [2.05, 4.69) is 243 Å². The zero-order chi connectivity index (χ0) is 43.0. The van der Waals surface area contributed by atoms with E-state index in [1.807, 2.05) is 12.1 Å². The molecule has 11 rings (SSSR count). The molecule has 0 aliphatic heterocycles. The Balaban J connectivity index is 0.991. The average Bonchev–Trinajstić information content (AvgIpc) is 3.75. The third-order valence-corrected chi connectivity index (χ3v) is 12.7. The monoisotopic (exact) mass is 819 g/mol. The van der Waals surface area contributed by atoms with Gasteiger partial charge in [-0.25, -0.2) is 0 Å².